The van der Waals surface area contributed by atoms with Crippen LogP contribution in [0.4, 0.5) is 4.79 Å². The van der Waals surface area contributed by atoms with Gasteiger partial charge >= 0.3 is 19.9 Å². The molecule has 0 aromatic heterocycles. The second-order valence-corrected chi connectivity index (χ2v) is 8.88. The highest BCUT2D eigenvalue weighted by molar-refractivity contribution is 14.1. The van der Waals surface area contributed by atoms with Crippen molar-refractivity contribution in [1.82, 2.24) is 4.67 Å². The number of rotatable bonds is 11. The van der Waals surface area contributed by atoms with Gasteiger partial charge in [-0.15, -0.1) is 0 Å². The Labute approximate surface area is 194 Å². The number of esters is 1. The van der Waals surface area contributed by atoms with Crippen molar-refractivity contribution in [2.75, 3.05) is 13.6 Å². The molecule has 2 rings (SSSR count). The highest BCUT2D eigenvalue weighted by Crippen LogP contribution is 2.52. The van der Waals surface area contributed by atoms with Gasteiger partial charge in [-0.1, -0.05) is 60.7 Å². The molecular weight excluding hydrogens is 540 g/mol. The van der Waals surface area contributed by atoms with Gasteiger partial charge < -0.3 is 12.5 Å². The summed E-state index contributed by atoms with van der Waals surface area (Å²) in [7, 11) is -2.45. The van der Waals surface area contributed by atoms with E-state index in [9.17, 15) is 14.2 Å². The SMILES string of the molecule is CC(OC(=O)CN(C)P(=O)(OCc1ccccc1)OCc1ccccc1)OC(=O)OI. The first kappa shape index (κ1) is 25.3. The fourth-order valence-electron chi connectivity index (χ4n) is 2.37. The maximum absolute atomic E-state index is 13.5. The van der Waals surface area contributed by atoms with Crippen molar-refractivity contribution >= 4 is 42.9 Å². The molecule has 1 atom stereocenters. The molecule has 0 aliphatic rings. The number of likely N-dealkylation sites (N-methyl/N-ethyl adjacent to an activating group) is 1. The number of hydrogen-bond acceptors (Lipinski definition) is 8. The first-order valence-corrected chi connectivity index (χ1v) is 11.6. The van der Waals surface area contributed by atoms with E-state index in [0.29, 0.717) is 0 Å². The van der Waals surface area contributed by atoms with Gasteiger partial charge in [0.25, 0.3) is 0 Å². The van der Waals surface area contributed by atoms with Crippen LogP contribution in [-0.2, 0) is 44.2 Å². The number of carbonyl (C=O) groups excluding carboxylic acids is 2. The van der Waals surface area contributed by atoms with Crippen LogP contribution in [0.2, 0.25) is 0 Å². The molecule has 0 N–H and O–H groups in total. The van der Waals surface area contributed by atoms with Crippen molar-refractivity contribution < 1.29 is 35.7 Å². The normalized spacial score (nSPS) is 12.3. The Bertz CT molecular complexity index is 836. The second-order valence-electron chi connectivity index (χ2n) is 6.30. The van der Waals surface area contributed by atoms with Gasteiger partial charge in [0.05, 0.1) is 13.2 Å². The van der Waals surface area contributed by atoms with Crippen molar-refractivity contribution in [2.45, 2.75) is 26.4 Å². The third-order valence-electron chi connectivity index (χ3n) is 3.87. The minimum atomic E-state index is -3.87. The lowest BCUT2D eigenvalue weighted by molar-refractivity contribution is -0.166. The zero-order chi connectivity index (χ0) is 22.7. The number of halogens is 1. The number of benzene rings is 2. The predicted molar refractivity (Wildman–Crippen MR) is 120 cm³/mol. The van der Waals surface area contributed by atoms with Crippen molar-refractivity contribution in [3.63, 3.8) is 0 Å². The molecule has 0 radical (unpaired) electrons. The van der Waals surface area contributed by atoms with Gasteiger partial charge in [-0.05, 0) is 18.2 Å². The van der Waals surface area contributed by atoms with Crippen LogP contribution in [0, 0.1) is 0 Å². The summed E-state index contributed by atoms with van der Waals surface area (Å²) in [5.74, 6) is -0.789. The average molecular weight is 563 g/mol. The van der Waals surface area contributed by atoms with E-state index in [0.717, 1.165) is 15.8 Å². The minimum absolute atomic E-state index is 0.0211. The molecule has 0 heterocycles. The summed E-state index contributed by atoms with van der Waals surface area (Å²) in [6.07, 6.45) is -2.18. The molecule has 0 fully saturated rings. The van der Waals surface area contributed by atoms with Gasteiger partial charge in [-0.2, -0.15) is 0 Å². The summed E-state index contributed by atoms with van der Waals surface area (Å²) in [6.45, 7) is 0.970. The summed E-state index contributed by atoms with van der Waals surface area (Å²) in [5, 5.41) is 0. The number of hydrogen-bond donors (Lipinski definition) is 0. The Hall–Kier alpha value is -1.98. The first-order chi connectivity index (χ1) is 14.8. The van der Waals surface area contributed by atoms with Crippen LogP contribution in [0.3, 0.4) is 0 Å². The molecule has 31 heavy (non-hydrogen) atoms. The number of nitrogens with zero attached hydrogens (tertiary/aromatic N) is 1. The fourth-order valence-corrected chi connectivity index (χ4v) is 3.85. The van der Waals surface area contributed by atoms with Crippen LogP contribution in [0.5, 0.6) is 0 Å². The van der Waals surface area contributed by atoms with Crippen LogP contribution >= 0.6 is 30.8 Å². The molecule has 0 saturated carbocycles. The fraction of sp³-hybridized carbons (Fsp3) is 0.300. The van der Waals surface area contributed by atoms with Gasteiger partial charge in [-0.25, -0.2) is 14.0 Å². The lowest BCUT2D eigenvalue weighted by Gasteiger charge is -2.26. The largest absolute Gasteiger partial charge is 0.521 e. The maximum Gasteiger partial charge on any atom is 0.521 e. The smallest absolute Gasteiger partial charge is 0.424 e. The van der Waals surface area contributed by atoms with Crippen molar-refractivity contribution in [3.05, 3.63) is 71.8 Å². The molecule has 0 aliphatic carbocycles. The molecule has 0 spiro atoms. The molecule has 2 aromatic carbocycles. The first-order valence-electron chi connectivity index (χ1n) is 9.19. The van der Waals surface area contributed by atoms with E-state index in [2.05, 4.69) is 7.80 Å². The Morgan fingerprint density at radius 3 is 1.87 bits per heavy atom. The van der Waals surface area contributed by atoms with Crippen LogP contribution < -0.4 is 0 Å². The van der Waals surface area contributed by atoms with Crippen molar-refractivity contribution in [2.24, 2.45) is 0 Å². The van der Waals surface area contributed by atoms with E-state index in [4.69, 9.17) is 13.8 Å². The molecule has 9 nitrogen and oxygen atoms in total. The Morgan fingerprint density at radius 2 is 1.42 bits per heavy atom. The molecule has 0 bridgehead atoms. The van der Waals surface area contributed by atoms with Crippen LogP contribution in [-0.4, -0.2) is 36.7 Å². The van der Waals surface area contributed by atoms with Gasteiger partial charge in [-0.3, -0.25) is 13.8 Å². The van der Waals surface area contributed by atoms with Crippen molar-refractivity contribution in [3.8, 4) is 0 Å². The van der Waals surface area contributed by atoms with E-state index in [1.807, 2.05) is 60.7 Å². The molecular formula is C20H23INO8P. The Balaban J connectivity index is 2.03. The summed E-state index contributed by atoms with van der Waals surface area (Å²) in [4.78, 5) is 23.3. The van der Waals surface area contributed by atoms with E-state index in [1.54, 1.807) is 0 Å². The second kappa shape index (κ2) is 12.8. The third kappa shape index (κ3) is 8.96. The van der Waals surface area contributed by atoms with Gasteiger partial charge in [0.1, 0.15) is 6.54 Å². The highest BCUT2D eigenvalue weighted by Gasteiger charge is 2.33. The molecule has 1 unspecified atom stereocenters. The van der Waals surface area contributed by atoms with E-state index in [-0.39, 0.29) is 13.2 Å². The molecule has 0 saturated heterocycles. The van der Waals surface area contributed by atoms with Gasteiger partial charge in [0, 0.05) is 6.92 Å². The van der Waals surface area contributed by atoms with Gasteiger partial charge in [0.15, 0.2) is 23.0 Å². The van der Waals surface area contributed by atoms with Crippen molar-refractivity contribution in [1.29, 1.82) is 0 Å². The van der Waals surface area contributed by atoms with Crippen LogP contribution in [0.15, 0.2) is 60.7 Å². The van der Waals surface area contributed by atoms with Gasteiger partial charge in [0.2, 0.25) is 6.29 Å². The molecule has 168 valence electrons. The molecule has 0 aliphatic heterocycles. The number of ether oxygens (including phenoxy) is 2. The summed E-state index contributed by atoms with van der Waals surface area (Å²) < 4.78 is 39.8. The topological polar surface area (TPSA) is 101 Å². The summed E-state index contributed by atoms with van der Waals surface area (Å²) in [5.41, 5.74) is 1.59. The number of carbonyl (C=O) groups is 2. The maximum atomic E-state index is 13.5. The summed E-state index contributed by atoms with van der Waals surface area (Å²) in [6, 6.07) is 18.3. The lowest BCUT2D eigenvalue weighted by atomic mass is 10.2. The van der Waals surface area contributed by atoms with E-state index < -0.39 is 32.7 Å². The third-order valence-corrected chi connectivity index (χ3v) is 6.12. The molecule has 2 aromatic rings. The minimum Gasteiger partial charge on any atom is -0.424 e. The standard InChI is InChI=1S/C20H23INO8P/c1-16(29-20(24)30-21)28-19(23)13-22(2)31(25,26-14-17-9-5-3-6-10-17)27-15-18-11-7-4-8-12-18/h3-12,16H,13-15H2,1-2H3. The zero-order valence-electron chi connectivity index (χ0n) is 17.0. The van der Waals surface area contributed by atoms with Crippen LogP contribution in [0.25, 0.3) is 0 Å². The quantitative estimate of drug-likeness (QED) is 0.164. The lowest BCUT2D eigenvalue weighted by Crippen LogP contribution is -2.30. The van der Waals surface area contributed by atoms with E-state index in [1.165, 1.54) is 37.0 Å². The molecule has 11 heteroatoms. The van der Waals surface area contributed by atoms with E-state index >= 15 is 0 Å². The molecule has 0 amide bonds. The average Bonchev–Trinajstić information content (AvgIpc) is 2.77. The predicted octanol–water partition coefficient (Wildman–Crippen LogP) is 4.85. The highest BCUT2D eigenvalue weighted by atomic mass is 127. The Kier molecular flexibility index (Phi) is 10.4. The summed E-state index contributed by atoms with van der Waals surface area (Å²) >= 11 is 1.35. The Morgan fingerprint density at radius 1 is 0.935 bits per heavy atom. The zero-order valence-corrected chi connectivity index (χ0v) is 20.1. The van der Waals surface area contributed by atoms with Crippen LogP contribution in [0.1, 0.15) is 18.1 Å². The monoisotopic (exact) mass is 563 g/mol.